The molecule has 1 aromatic carbocycles. The first kappa shape index (κ1) is 22.3. The molecule has 172 valence electrons. The second kappa shape index (κ2) is 8.92. The van der Waals surface area contributed by atoms with Gasteiger partial charge in [-0.15, -0.1) is 0 Å². The number of aromatic nitrogens is 2. The first-order valence-electron chi connectivity index (χ1n) is 11.3. The molecule has 8 heteroatoms. The molecule has 0 radical (unpaired) electrons. The van der Waals surface area contributed by atoms with Gasteiger partial charge in [0.2, 0.25) is 0 Å². The van der Waals surface area contributed by atoms with Crippen LogP contribution in [0.25, 0.3) is 11.3 Å². The summed E-state index contributed by atoms with van der Waals surface area (Å²) in [6.07, 6.45) is 7.35. The summed E-state index contributed by atoms with van der Waals surface area (Å²) < 4.78 is 27.3. The van der Waals surface area contributed by atoms with Gasteiger partial charge in [0.05, 0.1) is 24.1 Å². The van der Waals surface area contributed by atoms with Crippen molar-refractivity contribution >= 4 is 11.9 Å². The molecule has 2 aromatic rings. The largest absolute Gasteiger partial charge is 0.488 e. The SMILES string of the molecule is CC(C)(C)OC(=O)N1CCCC1COc1c(C2CCC2)ccc(-c2cnc(N)cn2)c1F. The molecule has 1 aliphatic heterocycles. The van der Waals surface area contributed by atoms with Crippen LogP contribution in [0.5, 0.6) is 5.75 Å². The molecule has 4 rings (SSSR count). The molecule has 2 aliphatic rings. The van der Waals surface area contributed by atoms with Crippen LogP contribution < -0.4 is 10.5 Å². The number of halogens is 1. The third kappa shape index (κ3) is 4.79. The lowest BCUT2D eigenvalue weighted by molar-refractivity contribution is 0.0185. The van der Waals surface area contributed by atoms with Gasteiger partial charge >= 0.3 is 6.09 Å². The number of nitrogens with two attached hydrogens (primary N) is 1. The molecule has 0 spiro atoms. The molecule has 1 saturated carbocycles. The molecule has 1 saturated heterocycles. The molecular weight excluding hydrogens is 411 g/mol. The Morgan fingerprint density at radius 2 is 1.97 bits per heavy atom. The Kier molecular flexibility index (Phi) is 6.22. The summed E-state index contributed by atoms with van der Waals surface area (Å²) in [5.74, 6) is 0.369. The summed E-state index contributed by atoms with van der Waals surface area (Å²) in [7, 11) is 0. The quantitative estimate of drug-likeness (QED) is 0.707. The highest BCUT2D eigenvalue weighted by molar-refractivity contribution is 5.69. The fourth-order valence-corrected chi connectivity index (χ4v) is 4.18. The van der Waals surface area contributed by atoms with Gasteiger partial charge < -0.3 is 20.1 Å². The lowest BCUT2D eigenvalue weighted by Crippen LogP contribution is -2.42. The first-order valence-corrected chi connectivity index (χ1v) is 11.3. The number of hydrogen-bond donors (Lipinski definition) is 1. The Hall–Kier alpha value is -2.90. The van der Waals surface area contributed by atoms with Crippen LogP contribution in [0.3, 0.4) is 0 Å². The van der Waals surface area contributed by atoms with Gasteiger partial charge in [0, 0.05) is 17.7 Å². The van der Waals surface area contributed by atoms with Crippen LogP contribution in [0.2, 0.25) is 0 Å². The summed E-state index contributed by atoms with van der Waals surface area (Å²) >= 11 is 0. The second-order valence-electron chi connectivity index (χ2n) is 9.58. The number of nitrogens with zero attached hydrogens (tertiary/aromatic N) is 3. The van der Waals surface area contributed by atoms with Crippen LogP contribution in [-0.2, 0) is 4.74 Å². The zero-order valence-corrected chi connectivity index (χ0v) is 18.9. The molecule has 1 unspecified atom stereocenters. The van der Waals surface area contributed by atoms with E-state index in [0.29, 0.717) is 17.8 Å². The minimum atomic E-state index is -0.566. The Morgan fingerprint density at radius 3 is 2.59 bits per heavy atom. The van der Waals surface area contributed by atoms with Gasteiger partial charge in [-0.25, -0.2) is 14.2 Å². The van der Waals surface area contributed by atoms with Gasteiger partial charge in [-0.05, 0) is 58.4 Å². The minimum Gasteiger partial charge on any atom is -0.488 e. The monoisotopic (exact) mass is 442 g/mol. The van der Waals surface area contributed by atoms with E-state index in [2.05, 4.69) is 9.97 Å². The standard InChI is InChI=1S/C24H31FN4O3/c1-24(2,3)32-23(30)29-11-5-8-16(29)14-31-22-17(15-6-4-7-15)9-10-18(21(22)25)19-12-28-20(26)13-27-19/h9-10,12-13,15-16H,4-8,11,14H2,1-3H3,(H2,26,28). The van der Waals surface area contributed by atoms with Gasteiger partial charge in [-0.3, -0.25) is 4.98 Å². The van der Waals surface area contributed by atoms with Crippen LogP contribution in [0, 0.1) is 5.82 Å². The van der Waals surface area contributed by atoms with Crippen molar-refractivity contribution in [2.24, 2.45) is 0 Å². The number of rotatable bonds is 5. The van der Waals surface area contributed by atoms with Crippen molar-refractivity contribution in [3.63, 3.8) is 0 Å². The predicted molar refractivity (Wildman–Crippen MR) is 120 cm³/mol. The number of nitrogen functional groups attached to an aromatic ring is 1. The number of benzene rings is 1. The fourth-order valence-electron chi connectivity index (χ4n) is 4.18. The van der Waals surface area contributed by atoms with Crippen LogP contribution in [-0.4, -0.2) is 45.8 Å². The fraction of sp³-hybridized carbons (Fsp3) is 0.542. The van der Waals surface area contributed by atoms with Crippen LogP contribution in [0.4, 0.5) is 15.0 Å². The highest BCUT2D eigenvalue weighted by Crippen LogP contribution is 2.44. The summed E-state index contributed by atoms with van der Waals surface area (Å²) in [4.78, 5) is 22.5. The summed E-state index contributed by atoms with van der Waals surface area (Å²) in [5, 5.41) is 0. The van der Waals surface area contributed by atoms with Crippen LogP contribution in [0.1, 0.15) is 64.4 Å². The Balaban J connectivity index is 1.57. The minimum absolute atomic E-state index is 0.154. The number of ether oxygens (including phenoxy) is 2. The molecule has 2 heterocycles. The first-order chi connectivity index (χ1) is 15.2. The van der Waals surface area contributed by atoms with E-state index in [1.807, 2.05) is 26.8 Å². The van der Waals surface area contributed by atoms with Crippen LogP contribution in [0.15, 0.2) is 24.5 Å². The second-order valence-corrected chi connectivity index (χ2v) is 9.58. The van der Waals surface area contributed by atoms with Crippen molar-refractivity contribution < 1.29 is 18.7 Å². The molecule has 1 aliphatic carbocycles. The smallest absolute Gasteiger partial charge is 0.410 e. The van der Waals surface area contributed by atoms with Gasteiger partial charge in [0.25, 0.3) is 0 Å². The van der Waals surface area contributed by atoms with Crippen molar-refractivity contribution in [1.29, 1.82) is 0 Å². The van der Waals surface area contributed by atoms with Crippen molar-refractivity contribution in [2.45, 2.75) is 70.4 Å². The number of amides is 1. The molecule has 1 atom stereocenters. The number of carbonyl (C=O) groups is 1. The molecule has 1 amide bonds. The maximum absolute atomic E-state index is 15.7. The Bertz CT molecular complexity index is 970. The van der Waals surface area contributed by atoms with Crippen molar-refractivity contribution in [3.8, 4) is 17.0 Å². The van der Waals surface area contributed by atoms with E-state index >= 15 is 4.39 Å². The molecule has 0 bridgehead atoms. The maximum Gasteiger partial charge on any atom is 0.410 e. The van der Waals surface area contributed by atoms with Crippen molar-refractivity contribution in [1.82, 2.24) is 14.9 Å². The highest BCUT2D eigenvalue weighted by atomic mass is 19.1. The number of carbonyl (C=O) groups excluding carboxylic acids is 1. The van der Waals surface area contributed by atoms with Gasteiger partial charge in [0.1, 0.15) is 18.0 Å². The normalized spacial score (nSPS) is 19.0. The van der Waals surface area contributed by atoms with Crippen molar-refractivity contribution in [3.05, 3.63) is 35.9 Å². The van der Waals surface area contributed by atoms with E-state index in [1.165, 1.54) is 12.4 Å². The average Bonchev–Trinajstić information content (AvgIpc) is 3.15. The topological polar surface area (TPSA) is 90.6 Å². The third-order valence-electron chi connectivity index (χ3n) is 6.05. The zero-order valence-electron chi connectivity index (χ0n) is 18.9. The highest BCUT2D eigenvalue weighted by Gasteiger charge is 2.34. The van der Waals surface area contributed by atoms with Crippen molar-refractivity contribution in [2.75, 3.05) is 18.9 Å². The van der Waals surface area contributed by atoms with E-state index in [0.717, 1.165) is 37.7 Å². The van der Waals surface area contributed by atoms with E-state index in [4.69, 9.17) is 15.2 Å². The predicted octanol–water partition coefficient (Wildman–Crippen LogP) is 4.91. The van der Waals surface area contributed by atoms with Gasteiger partial charge in [0.15, 0.2) is 11.6 Å². The van der Waals surface area contributed by atoms with E-state index in [-0.39, 0.29) is 36.2 Å². The molecular formula is C24H31FN4O3. The molecule has 2 fully saturated rings. The molecule has 7 nitrogen and oxygen atoms in total. The maximum atomic E-state index is 15.7. The Morgan fingerprint density at radius 1 is 1.19 bits per heavy atom. The third-order valence-corrected chi connectivity index (χ3v) is 6.05. The average molecular weight is 443 g/mol. The molecule has 2 N–H and O–H groups in total. The number of likely N-dealkylation sites (tertiary alicyclic amines) is 1. The van der Waals surface area contributed by atoms with E-state index in [9.17, 15) is 4.79 Å². The van der Waals surface area contributed by atoms with Gasteiger partial charge in [-0.2, -0.15) is 0 Å². The summed E-state index contributed by atoms with van der Waals surface area (Å²) in [6.45, 7) is 6.36. The summed E-state index contributed by atoms with van der Waals surface area (Å²) in [6, 6.07) is 3.51. The van der Waals surface area contributed by atoms with E-state index < -0.39 is 11.4 Å². The van der Waals surface area contributed by atoms with E-state index in [1.54, 1.807) is 11.0 Å². The summed E-state index contributed by atoms with van der Waals surface area (Å²) in [5.41, 5.74) is 6.66. The van der Waals surface area contributed by atoms with Gasteiger partial charge in [-0.1, -0.05) is 12.5 Å². The number of anilines is 1. The Labute approximate surface area is 188 Å². The molecule has 32 heavy (non-hydrogen) atoms. The lowest BCUT2D eigenvalue weighted by atomic mass is 9.79. The molecule has 1 aromatic heterocycles. The number of hydrogen-bond acceptors (Lipinski definition) is 6. The lowest BCUT2D eigenvalue weighted by Gasteiger charge is -2.30. The zero-order chi connectivity index (χ0) is 22.9. The van der Waals surface area contributed by atoms with Crippen LogP contribution >= 0.6 is 0 Å².